The highest BCUT2D eigenvalue weighted by Gasteiger charge is 2.51. The predicted molar refractivity (Wildman–Crippen MR) is 109 cm³/mol. The summed E-state index contributed by atoms with van der Waals surface area (Å²) in [5.41, 5.74) is 5.09. The first kappa shape index (κ1) is 17.6. The van der Waals surface area contributed by atoms with Crippen molar-refractivity contribution in [2.45, 2.75) is 38.6 Å². The maximum atomic E-state index is 12.1. The second-order valence-corrected chi connectivity index (χ2v) is 8.13. The van der Waals surface area contributed by atoms with Crippen molar-refractivity contribution in [3.05, 3.63) is 34.7 Å². The van der Waals surface area contributed by atoms with Gasteiger partial charge < -0.3 is 15.2 Å². The molecule has 2 amide bonds. The fourth-order valence-corrected chi connectivity index (χ4v) is 4.92. The molecule has 1 fully saturated rings. The molecular formula is C20H23ClN6O. The van der Waals surface area contributed by atoms with Crippen LogP contribution in [0.15, 0.2) is 18.3 Å². The molecule has 28 heavy (non-hydrogen) atoms. The van der Waals surface area contributed by atoms with Gasteiger partial charge in [0.1, 0.15) is 10.8 Å². The van der Waals surface area contributed by atoms with Crippen LogP contribution in [0.25, 0.3) is 22.3 Å². The van der Waals surface area contributed by atoms with Gasteiger partial charge in [0.05, 0.1) is 5.69 Å². The number of hydrogen-bond donors (Lipinski definition) is 2. The Morgan fingerprint density at radius 2 is 2.18 bits per heavy atom. The van der Waals surface area contributed by atoms with Gasteiger partial charge in [0.2, 0.25) is 0 Å². The molecule has 0 unspecified atom stereocenters. The Morgan fingerprint density at radius 1 is 1.36 bits per heavy atom. The first-order chi connectivity index (χ1) is 13.5. The highest BCUT2D eigenvalue weighted by atomic mass is 35.5. The fourth-order valence-electron chi connectivity index (χ4n) is 4.59. The van der Waals surface area contributed by atoms with E-state index < -0.39 is 0 Å². The molecule has 3 aromatic rings. The Kier molecular flexibility index (Phi) is 3.91. The zero-order valence-electron chi connectivity index (χ0n) is 16.0. The van der Waals surface area contributed by atoms with Crippen molar-refractivity contribution in [3.63, 3.8) is 0 Å². The maximum absolute atomic E-state index is 12.1. The lowest BCUT2D eigenvalue weighted by Gasteiger charge is -2.47. The van der Waals surface area contributed by atoms with E-state index in [2.05, 4.69) is 39.0 Å². The number of aryl methyl sites for hydroxylation is 2. The molecule has 1 saturated heterocycles. The standard InChI is InChI=1S/C20H23ClN6O/c1-3-13-14-7-12(9-23-18(14)24-17(13)21)15-8-16-20(5-6-27(16)25-15)10-26(11-20)19(28)22-4-2/h7-9H,3-6,10-11H2,1-2H3,(H,22,28)(H,23,24). The molecule has 0 aromatic carbocycles. The van der Waals surface area contributed by atoms with Crippen LogP contribution in [0.4, 0.5) is 4.79 Å². The van der Waals surface area contributed by atoms with Gasteiger partial charge in [-0.25, -0.2) is 9.78 Å². The summed E-state index contributed by atoms with van der Waals surface area (Å²) >= 11 is 6.30. The molecule has 0 atom stereocenters. The number of carbonyl (C=O) groups is 1. The third kappa shape index (κ3) is 2.45. The Hall–Kier alpha value is -2.54. The first-order valence-corrected chi connectivity index (χ1v) is 10.2. The van der Waals surface area contributed by atoms with Gasteiger partial charge in [-0.1, -0.05) is 18.5 Å². The number of pyridine rings is 1. The van der Waals surface area contributed by atoms with Crippen molar-refractivity contribution in [1.29, 1.82) is 0 Å². The highest BCUT2D eigenvalue weighted by Crippen LogP contribution is 2.44. The SMILES string of the molecule is CCNC(=O)N1CC2(CCn3nc(-c4cnc5[nH]c(Cl)c(CC)c5c4)cc32)C1. The van der Waals surface area contributed by atoms with Gasteiger partial charge in [-0.15, -0.1) is 0 Å². The zero-order valence-corrected chi connectivity index (χ0v) is 16.8. The number of aromatic nitrogens is 4. The van der Waals surface area contributed by atoms with Gasteiger partial charge in [-0.2, -0.15) is 5.10 Å². The lowest BCUT2D eigenvalue weighted by molar-refractivity contribution is 0.0925. The van der Waals surface area contributed by atoms with Crippen LogP contribution in [0.1, 0.15) is 31.5 Å². The van der Waals surface area contributed by atoms with E-state index in [1.54, 1.807) is 0 Å². The quantitative estimate of drug-likeness (QED) is 0.710. The minimum absolute atomic E-state index is 0.0254. The number of amides is 2. The van der Waals surface area contributed by atoms with Gasteiger partial charge in [-0.3, -0.25) is 4.68 Å². The Bertz CT molecular complexity index is 1080. The number of nitrogens with zero attached hydrogens (tertiary/aromatic N) is 4. The van der Waals surface area contributed by atoms with E-state index in [9.17, 15) is 4.79 Å². The molecule has 1 spiro atoms. The lowest BCUT2D eigenvalue weighted by Crippen LogP contribution is -2.62. The van der Waals surface area contributed by atoms with Crippen LogP contribution in [0, 0.1) is 0 Å². The predicted octanol–water partition coefficient (Wildman–Crippen LogP) is 3.33. The average Bonchev–Trinajstić information content (AvgIpc) is 3.29. The fraction of sp³-hybridized carbons (Fsp3) is 0.450. The molecule has 146 valence electrons. The van der Waals surface area contributed by atoms with Crippen molar-refractivity contribution in [2.24, 2.45) is 0 Å². The van der Waals surface area contributed by atoms with Crippen LogP contribution < -0.4 is 5.32 Å². The minimum atomic E-state index is 0.0254. The molecule has 0 saturated carbocycles. The number of aromatic amines is 1. The van der Waals surface area contributed by atoms with Crippen LogP contribution in [-0.4, -0.2) is 50.3 Å². The van der Waals surface area contributed by atoms with Crippen LogP contribution in [0.2, 0.25) is 5.15 Å². The molecule has 2 N–H and O–H groups in total. The zero-order chi connectivity index (χ0) is 19.5. The Morgan fingerprint density at radius 3 is 2.93 bits per heavy atom. The summed E-state index contributed by atoms with van der Waals surface area (Å²) in [6.45, 7) is 7.10. The van der Waals surface area contributed by atoms with Crippen molar-refractivity contribution >= 4 is 28.7 Å². The van der Waals surface area contributed by atoms with Gasteiger partial charge in [0, 0.05) is 54.4 Å². The molecule has 8 heteroatoms. The van der Waals surface area contributed by atoms with Gasteiger partial charge in [0.25, 0.3) is 0 Å². The summed E-state index contributed by atoms with van der Waals surface area (Å²) < 4.78 is 2.10. The summed E-state index contributed by atoms with van der Waals surface area (Å²) in [7, 11) is 0. The number of likely N-dealkylation sites (tertiary alicyclic amines) is 1. The van der Waals surface area contributed by atoms with Gasteiger partial charge in [0.15, 0.2) is 0 Å². The van der Waals surface area contributed by atoms with Crippen molar-refractivity contribution in [3.8, 4) is 11.3 Å². The summed E-state index contributed by atoms with van der Waals surface area (Å²) in [5.74, 6) is 0. The number of halogens is 1. The average molecular weight is 399 g/mol. The van der Waals surface area contributed by atoms with E-state index in [0.717, 1.165) is 60.3 Å². The highest BCUT2D eigenvalue weighted by molar-refractivity contribution is 6.31. The molecule has 0 bridgehead atoms. The van der Waals surface area contributed by atoms with Gasteiger partial charge >= 0.3 is 6.03 Å². The maximum Gasteiger partial charge on any atom is 0.317 e. The number of rotatable bonds is 3. The molecule has 3 aromatic heterocycles. The number of carbonyl (C=O) groups excluding carboxylic acids is 1. The normalized spacial score (nSPS) is 17.2. The van der Waals surface area contributed by atoms with Gasteiger partial charge in [-0.05, 0) is 37.5 Å². The second-order valence-electron chi connectivity index (χ2n) is 7.75. The molecular weight excluding hydrogens is 376 g/mol. The van der Waals surface area contributed by atoms with Crippen molar-refractivity contribution in [1.82, 2.24) is 30.0 Å². The van der Waals surface area contributed by atoms with Crippen molar-refractivity contribution in [2.75, 3.05) is 19.6 Å². The van der Waals surface area contributed by atoms with Crippen LogP contribution in [0.3, 0.4) is 0 Å². The molecule has 7 nitrogen and oxygen atoms in total. The number of nitrogens with one attached hydrogen (secondary N) is 2. The molecule has 5 heterocycles. The van der Waals surface area contributed by atoms with E-state index in [0.29, 0.717) is 11.7 Å². The molecule has 0 aliphatic carbocycles. The Balaban J connectivity index is 1.46. The van der Waals surface area contributed by atoms with E-state index in [1.807, 2.05) is 18.0 Å². The summed E-state index contributed by atoms with van der Waals surface area (Å²) in [4.78, 5) is 21.6. The van der Waals surface area contributed by atoms with E-state index in [-0.39, 0.29) is 11.4 Å². The van der Waals surface area contributed by atoms with Crippen LogP contribution >= 0.6 is 11.6 Å². The second kappa shape index (κ2) is 6.24. The van der Waals surface area contributed by atoms with E-state index >= 15 is 0 Å². The number of hydrogen-bond acceptors (Lipinski definition) is 3. The minimum Gasteiger partial charge on any atom is -0.338 e. The number of fused-ring (bicyclic) bond motifs is 3. The number of H-pyrrole nitrogens is 1. The molecule has 2 aliphatic heterocycles. The monoisotopic (exact) mass is 398 g/mol. The summed E-state index contributed by atoms with van der Waals surface area (Å²) in [5, 5.41) is 9.42. The van der Waals surface area contributed by atoms with E-state index in [1.165, 1.54) is 5.69 Å². The smallest absolute Gasteiger partial charge is 0.317 e. The topological polar surface area (TPSA) is 78.8 Å². The van der Waals surface area contributed by atoms with E-state index in [4.69, 9.17) is 16.7 Å². The molecule has 0 radical (unpaired) electrons. The largest absolute Gasteiger partial charge is 0.338 e. The van der Waals surface area contributed by atoms with Crippen LogP contribution in [0.5, 0.6) is 0 Å². The van der Waals surface area contributed by atoms with Crippen LogP contribution in [-0.2, 0) is 18.4 Å². The summed E-state index contributed by atoms with van der Waals surface area (Å²) in [6, 6.07) is 4.32. The third-order valence-corrected chi connectivity index (χ3v) is 6.41. The molecule has 5 rings (SSSR count). The number of urea groups is 1. The van der Waals surface area contributed by atoms with Crippen molar-refractivity contribution < 1.29 is 4.79 Å². The first-order valence-electron chi connectivity index (χ1n) is 9.82. The Labute approximate surface area is 168 Å². The summed E-state index contributed by atoms with van der Waals surface area (Å²) in [6.07, 6.45) is 3.74. The third-order valence-electron chi connectivity index (χ3n) is 6.08. The lowest BCUT2D eigenvalue weighted by atomic mass is 9.76. The molecule has 2 aliphatic rings.